The predicted octanol–water partition coefficient (Wildman–Crippen LogP) is 1.80. The average molecular weight is 238 g/mol. The van der Waals surface area contributed by atoms with Crippen molar-refractivity contribution in [3.63, 3.8) is 0 Å². The van der Waals surface area contributed by atoms with Crippen LogP contribution in [0.3, 0.4) is 0 Å². The Balaban J connectivity index is 4.74. The third-order valence-corrected chi connectivity index (χ3v) is 1.96. The number of aliphatic carboxylic acids is 2. The van der Waals surface area contributed by atoms with Gasteiger partial charge in [0.05, 0.1) is 0 Å². The van der Waals surface area contributed by atoms with Gasteiger partial charge in [-0.05, 0) is 0 Å². The molecule has 5 heteroatoms. The summed E-state index contributed by atoms with van der Waals surface area (Å²) >= 11 is 0. The first-order valence-electron chi connectivity index (χ1n) is 4.61. The van der Waals surface area contributed by atoms with Crippen LogP contribution in [0, 0.1) is 11.8 Å². The lowest BCUT2D eigenvalue weighted by atomic mass is 10.1. The van der Waals surface area contributed by atoms with Crippen LogP contribution in [0.25, 0.3) is 0 Å². The minimum absolute atomic E-state index is 0.148. The molecule has 0 amide bonds. The highest BCUT2D eigenvalue weighted by molar-refractivity contribution is 5.76. The minimum atomic E-state index is -1.19. The van der Waals surface area contributed by atoms with E-state index in [4.69, 9.17) is 14.9 Å². The van der Waals surface area contributed by atoms with E-state index in [0.29, 0.717) is 0 Å². The number of rotatable bonds is 8. The largest absolute Gasteiger partial charge is 0.480 e. The van der Waals surface area contributed by atoms with E-state index in [9.17, 15) is 9.59 Å². The molecule has 0 saturated heterocycles. The zero-order valence-electron chi connectivity index (χ0n) is 9.26. The smallest absolute Gasteiger partial charge is 0.318 e. The Morgan fingerprint density at radius 2 is 1.24 bits per heavy atom. The first kappa shape index (κ1) is 14.7. The molecule has 92 valence electrons. The van der Waals surface area contributed by atoms with Gasteiger partial charge in [0.15, 0.2) is 0 Å². The third-order valence-electron chi connectivity index (χ3n) is 1.96. The van der Waals surface area contributed by atoms with Gasteiger partial charge >= 0.3 is 11.9 Å². The minimum Gasteiger partial charge on any atom is -0.480 e. The number of ether oxygens (including phenoxy) is 1. The molecular formula is C12H14O5. The summed E-state index contributed by atoms with van der Waals surface area (Å²) in [4.78, 5) is 21.5. The Bertz CT molecular complexity index is 344. The lowest BCUT2D eigenvalue weighted by Gasteiger charge is -2.17. The van der Waals surface area contributed by atoms with E-state index < -0.39 is 23.8 Å². The molecular weight excluding hydrogens is 224 g/mol. The zero-order chi connectivity index (χ0) is 13.6. The molecule has 5 nitrogen and oxygen atoms in total. The molecule has 0 aromatic rings. The van der Waals surface area contributed by atoms with Crippen LogP contribution in [0.2, 0.25) is 0 Å². The van der Waals surface area contributed by atoms with Gasteiger partial charge in [-0.3, -0.25) is 9.59 Å². The molecule has 0 aliphatic rings. The number of hydrogen-bond donors (Lipinski definition) is 2. The fraction of sp³-hybridized carbons (Fsp3) is 0.167. The second-order valence-corrected chi connectivity index (χ2v) is 3.14. The first-order chi connectivity index (χ1) is 7.84. The lowest BCUT2D eigenvalue weighted by Crippen LogP contribution is -2.19. The van der Waals surface area contributed by atoms with E-state index in [1.54, 1.807) is 0 Å². The van der Waals surface area contributed by atoms with Gasteiger partial charge in [-0.2, -0.15) is 0 Å². The summed E-state index contributed by atoms with van der Waals surface area (Å²) < 4.78 is 4.99. The van der Waals surface area contributed by atoms with Crippen molar-refractivity contribution in [1.29, 1.82) is 0 Å². The van der Waals surface area contributed by atoms with Gasteiger partial charge in [-0.25, -0.2) is 0 Å². The molecule has 2 atom stereocenters. The molecule has 2 N–H and O–H groups in total. The normalized spacial score (nSPS) is 12.9. The van der Waals surface area contributed by atoms with E-state index in [1.807, 2.05) is 0 Å². The van der Waals surface area contributed by atoms with Gasteiger partial charge in [-0.15, -0.1) is 13.2 Å². The molecule has 0 saturated carbocycles. The Morgan fingerprint density at radius 1 is 0.941 bits per heavy atom. The maximum absolute atomic E-state index is 10.7. The molecule has 17 heavy (non-hydrogen) atoms. The van der Waals surface area contributed by atoms with Crippen molar-refractivity contribution >= 4 is 11.9 Å². The van der Waals surface area contributed by atoms with Crippen LogP contribution in [0.15, 0.2) is 50.0 Å². The van der Waals surface area contributed by atoms with Gasteiger partial charge in [0, 0.05) is 0 Å². The first-order valence-corrected chi connectivity index (χ1v) is 4.61. The van der Waals surface area contributed by atoms with Crippen molar-refractivity contribution in [2.24, 2.45) is 11.8 Å². The molecule has 0 heterocycles. The molecule has 0 radical (unpaired) electrons. The van der Waals surface area contributed by atoms with Crippen LogP contribution < -0.4 is 0 Å². The molecule has 0 aromatic heterocycles. The van der Waals surface area contributed by atoms with Gasteiger partial charge in [0.2, 0.25) is 0 Å². The number of carboxylic acids is 2. The second-order valence-electron chi connectivity index (χ2n) is 3.14. The summed E-state index contributed by atoms with van der Waals surface area (Å²) in [6.45, 7) is 13.4. The molecule has 0 fully saturated rings. The molecule has 0 bridgehead atoms. The van der Waals surface area contributed by atoms with Crippen molar-refractivity contribution in [2.75, 3.05) is 0 Å². The highest BCUT2D eigenvalue weighted by Crippen LogP contribution is 2.20. The molecule has 0 rings (SSSR count). The van der Waals surface area contributed by atoms with Crippen molar-refractivity contribution < 1.29 is 24.5 Å². The average Bonchev–Trinajstić information content (AvgIpc) is 2.17. The summed E-state index contributed by atoms with van der Waals surface area (Å²) in [6.07, 6.45) is 2.25. The summed E-state index contributed by atoms with van der Waals surface area (Å²) in [5.74, 6) is -4.92. The van der Waals surface area contributed by atoms with Gasteiger partial charge in [0.1, 0.15) is 23.4 Å². The highest BCUT2D eigenvalue weighted by Gasteiger charge is 2.24. The Labute approximate surface area is 99.0 Å². The monoisotopic (exact) mass is 238 g/mol. The summed E-state index contributed by atoms with van der Waals surface area (Å²) in [6, 6.07) is 0. The Morgan fingerprint density at radius 3 is 1.41 bits per heavy atom. The van der Waals surface area contributed by atoms with Gasteiger partial charge in [0.25, 0.3) is 0 Å². The maximum atomic E-state index is 10.7. The fourth-order valence-corrected chi connectivity index (χ4v) is 1.04. The third kappa shape index (κ3) is 3.98. The fourth-order valence-electron chi connectivity index (χ4n) is 1.04. The van der Waals surface area contributed by atoms with E-state index in [2.05, 4.69) is 26.3 Å². The van der Waals surface area contributed by atoms with E-state index in [-0.39, 0.29) is 11.5 Å². The number of hydrogen-bond acceptors (Lipinski definition) is 3. The Hall–Kier alpha value is -2.30. The maximum Gasteiger partial charge on any atom is 0.318 e. The van der Waals surface area contributed by atoms with Crippen LogP contribution in [0.4, 0.5) is 0 Å². The van der Waals surface area contributed by atoms with Crippen LogP contribution in [0.5, 0.6) is 0 Å². The van der Waals surface area contributed by atoms with Gasteiger partial charge in [-0.1, -0.05) is 25.3 Å². The molecule has 0 aromatic carbocycles. The Kier molecular flexibility index (Phi) is 5.46. The van der Waals surface area contributed by atoms with Crippen LogP contribution in [-0.4, -0.2) is 22.2 Å². The second kappa shape index (κ2) is 6.32. The van der Waals surface area contributed by atoms with Crippen LogP contribution in [-0.2, 0) is 14.3 Å². The quantitative estimate of drug-likeness (QED) is 0.497. The van der Waals surface area contributed by atoms with Crippen molar-refractivity contribution in [1.82, 2.24) is 0 Å². The molecule has 0 aliphatic carbocycles. The molecule has 0 spiro atoms. The highest BCUT2D eigenvalue weighted by atomic mass is 16.5. The molecule has 0 aliphatic heterocycles. The van der Waals surface area contributed by atoms with Crippen molar-refractivity contribution in [2.45, 2.75) is 0 Å². The van der Waals surface area contributed by atoms with Crippen LogP contribution in [0.1, 0.15) is 0 Å². The standard InChI is InChI=1S/C12H14O5/c1-5-9(11(13)14)7(3)17-8(4)10(6-2)12(15)16/h5-6,9-10H,1-4H2,(H,13,14)(H,15,16). The van der Waals surface area contributed by atoms with Crippen LogP contribution >= 0.6 is 0 Å². The summed E-state index contributed by atoms with van der Waals surface area (Å²) in [5.41, 5.74) is 0. The van der Waals surface area contributed by atoms with Crippen molar-refractivity contribution in [3.8, 4) is 0 Å². The van der Waals surface area contributed by atoms with E-state index in [1.165, 1.54) is 0 Å². The summed E-state index contributed by atoms with van der Waals surface area (Å²) in [7, 11) is 0. The SMILES string of the molecule is C=CC(C(=C)OC(=C)C(C=C)C(=O)O)C(=O)O. The topological polar surface area (TPSA) is 83.8 Å². The van der Waals surface area contributed by atoms with E-state index in [0.717, 1.165) is 12.2 Å². The number of carboxylic acid groups (broad SMARTS) is 2. The zero-order valence-corrected chi connectivity index (χ0v) is 9.26. The number of carbonyl (C=O) groups is 2. The lowest BCUT2D eigenvalue weighted by molar-refractivity contribution is -0.139. The summed E-state index contributed by atoms with van der Waals surface area (Å²) in [5, 5.41) is 17.6. The predicted molar refractivity (Wildman–Crippen MR) is 62.0 cm³/mol. The molecule has 2 unspecified atom stereocenters. The van der Waals surface area contributed by atoms with Crippen molar-refractivity contribution in [3.05, 3.63) is 50.0 Å². The van der Waals surface area contributed by atoms with E-state index >= 15 is 0 Å². The van der Waals surface area contributed by atoms with Gasteiger partial charge < -0.3 is 14.9 Å².